The molecule has 1 spiro atoms. The Kier molecular flexibility index (Phi) is 3.57. The molecular weight excluding hydrogens is 274 g/mol. The third-order valence-corrected chi connectivity index (χ3v) is 5.73. The van der Waals surface area contributed by atoms with Gasteiger partial charge in [0.15, 0.2) is 0 Å². The number of carbonyl (C=O) groups excluding carboxylic acids is 1. The Morgan fingerprint density at radius 2 is 1.68 bits per heavy atom. The minimum Gasteiger partial charge on any atom is -0.369 e. The first-order valence-electron chi connectivity index (χ1n) is 8.70. The predicted octanol–water partition coefficient (Wildman–Crippen LogP) is 3.22. The van der Waals surface area contributed by atoms with E-state index in [9.17, 15) is 4.79 Å². The number of hydrogen-bond donors (Lipinski definition) is 2. The number of fused-ring (bicyclic) bond motifs is 1. The van der Waals surface area contributed by atoms with Crippen molar-refractivity contribution in [1.82, 2.24) is 4.90 Å². The minimum atomic E-state index is -0.403. The summed E-state index contributed by atoms with van der Waals surface area (Å²) in [7, 11) is 0. The second kappa shape index (κ2) is 5.58. The van der Waals surface area contributed by atoms with E-state index in [2.05, 4.69) is 21.6 Å². The maximum Gasteiger partial charge on any atom is 0.250 e. The van der Waals surface area contributed by atoms with Gasteiger partial charge in [-0.2, -0.15) is 0 Å². The molecule has 1 saturated carbocycles. The van der Waals surface area contributed by atoms with Gasteiger partial charge in [-0.05, 0) is 37.8 Å². The summed E-state index contributed by atoms with van der Waals surface area (Å²) in [5.41, 5.74) is 1.57. The Labute approximate surface area is 132 Å². The van der Waals surface area contributed by atoms with Gasteiger partial charge in [0.25, 0.3) is 0 Å². The van der Waals surface area contributed by atoms with E-state index in [-0.39, 0.29) is 5.91 Å². The summed E-state index contributed by atoms with van der Waals surface area (Å²) < 4.78 is 0. The van der Waals surface area contributed by atoms with Gasteiger partial charge in [0.1, 0.15) is 5.54 Å². The number of amides is 1. The van der Waals surface area contributed by atoms with E-state index in [1.807, 2.05) is 18.2 Å². The quantitative estimate of drug-likeness (QED) is 0.837. The summed E-state index contributed by atoms with van der Waals surface area (Å²) in [5.74, 6) is 0.148. The molecule has 2 aliphatic heterocycles. The van der Waals surface area contributed by atoms with Crippen LogP contribution in [0.25, 0.3) is 0 Å². The van der Waals surface area contributed by atoms with Crippen LogP contribution in [-0.4, -0.2) is 35.5 Å². The topological polar surface area (TPSA) is 44.4 Å². The predicted molar refractivity (Wildman–Crippen MR) is 89.1 cm³/mol. The van der Waals surface area contributed by atoms with Crippen molar-refractivity contribution in [1.29, 1.82) is 0 Å². The van der Waals surface area contributed by atoms with Crippen molar-refractivity contribution in [3.05, 3.63) is 24.3 Å². The van der Waals surface area contributed by atoms with Crippen LogP contribution in [0.5, 0.6) is 0 Å². The Morgan fingerprint density at radius 1 is 1.00 bits per heavy atom. The fourth-order valence-electron chi connectivity index (χ4n) is 4.33. The van der Waals surface area contributed by atoms with E-state index in [1.165, 1.54) is 32.1 Å². The molecule has 0 radical (unpaired) electrons. The number of rotatable bonds is 1. The second-order valence-corrected chi connectivity index (χ2v) is 7.03. The number of benzene rings is 1. The number of piperidine rings is 1. The van der Waals surface area contributed by atoms with Crippen LogP contribution in [-0.2, 0) is 4.79 Å². The van der Waals surface area contributed by atoms with Crippen molar-refractivity contribution < 1.29 is 4.79 Å². The van der Waals surface area contributed by atoms with Gasteiger partial charge < -0.3 is 15.5 Å². The lowest BCUT2D eigenvalue weighted by molar-refractivity contribution is -0.122. The molecule has 2 heterocycles. The summed E-state index contributed by atoms with van der Waals surface area (Å²) in [4.78, 5) is 15.2. The summed E-state index contributed by atoms with van der Waals surface area (Å²) in [6.07, 6.45) is 8.64. The van der Waals surface area contributed by atoms with Crippen LogP contribution < -0.4 is 10.6 Å². The standard InChI is InChI=1S/C18H25N3O/c22-17-18(20-16-9-5-4-8-15(16)19-17)10-12-21(13-11-18)14-6-2-1-3-7-14/h4-5,8-9,14,20H,1-3,6-7,10-13H2,(H,19,22). The highest BCUT2D eigenvalue weighted by atomic mass is 16.2. The molecule has 1 aromatic rings. The van der Waals surface area contributed by atoms with Crippen molar-refractivity contribution in [2.75, 3.05) is 23.7 Å². The van der Waals surface area contributed by atoms with Crippen LogP contribution in [0.15, 0.2) is 24.3 Å². The average Bonchev–Trinajstić information content (AvgIpc) is 2.57. The van der Waals surface area contributed by atoms with Gasteiger partial charge in [0.05, 0.1) is 11.4 Å². The lowest BCUT2D eigenvalue weighted by Crippen LogP contribution is -2.59. The Balaban J connectivity index is 1.47. The van der Waals surface area contributed by atoms with Crippen LogP contribution in [0.2, 0.25) is 0 Å². The number of hydrogen-bond acceptors (Lipinski definition) is 3. The summed E-state index contributed by atoms with van der Waals surface area (Å²) in [6, 6.07) is 8.76. The molecule has 0 unspecified atom stereocenters. The molecule has 22 heavy (non-hydrogen) atoms. The van der Waals surface area contributed by atoms with Crippen molar-refractivity contribution in [3.8, 4) is 0 Å². The van der Waals surface area contributed by atoms with Crippen LogP contribution in [0.3, 0.4) is 0 Å². The van der Waals surface area contributed by atoms with Gasteiger partial charge in [-0.3, -0.25) is 4.79 Å². The lowest BCUT2D eigenvalue weighted by Gasteiger charge is -2.46. The first kappa shape index (κ1) is 14.1. The van der Waals surface area contributed by atoms with Gasteiger partial charge >= 0.3 is 0 Å². The number of para-hydroxylation sites is 2. The van der Waals surface area contributed by atoms with Gasteiger partial charge in [-0.25, -0.2) is 0 Å². The average molecular weight is 299 g/mol. The maximum atomic E-state index is 12.6. The van der Waals surface area contributed by atoms with E-state index >= 15 is 0 Å². The lowest BCUT2D eigenvalue weighted by atomic mass is 9.82. The summed E-state index contributed by atoms with van der Waals surface area (Å²) >= 11 is 0. The van der Waals surface area contributed by atoms with Crippen LogP contribution >= 0.6 is 0 Å². The zero-order valence-electron chi connectivity index (χ0n) is 13.1. The molecule has 4 heteroatoms. The molecule has 1 saturated heterocycles. The largest absolute Gasteiger partial charge is 0.369 e. The third kappa shape index (κ3) is 2.39. The molecule has 0 atom stereocenters. The summed E-state index contributed by atoms with van der Waals surface area (Å²) in [5, 5.41) is 6.64. The number of anilines is 2. The normalized spacial score (nSPS) is 25.4. The SMILES string of the molecule is O=C1Nc2ccccc2NC12CCN(C1CCCCC1)CC2. The monoisotopic (exact) mass is 299 g/mol. The molecule has 118 valence electrons. The Morgan fingerprint density at radius 3 is 2.41 bits per heavy atom. The molecule has 1 aromatic carbocycles. The summed E-state index contributed by atoms with van der Waals surface area (Å²) in [6.45, 7) is 2.07. The zero-order chi connectivity index (χ0) is 15.0. The molecule has 1 aliphatic carbocycles. The maximum absolute atomic E-state index is 12.6. The molecule has 4 rings (SSSR count). The van der Waals surface area contributed by atoms with Crippen LogP contribution in [0.1, 0.15) is 44.9 Å². The highest BCUT2D eigenvalue weighted by Crippen LogP contribution is 2.37. The highest BCUT2D eigenvalue weighted by molar-refractivity contribution is 6.06. The Hall–Kier alpha value is -1.55. The Bertz CT molecular complexity index is 557. The highest BCUT2D eigenvalue weighted by Gasteiger charge is 2.45. The fourth-order valence-corrected chi connectivity index (χ4v) is 4.33. The first-order valence-corrected chi connectivity index (χ1v) is 8.70. The number of likely N-dealkylation sites (tertiary alicyclic amines) is 1. The zero-order valence-corrected chi connectivity index (χ0v) is 13.1. The van der Waals surface area contributed by atoms with Crippen molar-refractivity contribution >= 4 is 17.3 Å². The van der Waals surface area contributed by atoms with E-state index in [0.29, 0.717) is 0 Å². The molecule has 2 fully saturated rings. The van der Waals surface area contributed by atoms with Crippen molar-refractivity contribution in [2.45, 2.75) is 56.5 Å². The minimum absolute atomic E-state index is 0.148. The number of carbonyl (C=O) groups is 1. The van der Waals surface area contributed by atoms with Gasteiger partial charge in [0, 0.05) is 19.1 Å². The van der Waals surface area contributed by atoms with E-state index in [4.69, 9.17) is 0 Å². The molecule has 2 N–H and O–H groups in total. The smallest absolute Gasteiger partial charge is 0.250 e. The van der Waals surface area contributed by atoms with Crippen molar-refractivity contribution in [3.63, 3.8) is 0 Å². The number of nitrogens with one attached hydrogen (secondary N) is 2. The molecular formula is C18H25N3O. The molecule has 3 aliphatic rings. The molecule has 1 amide bonds. The first-order chi connectivity index (χ1) is 10.8. The van der Waals surface area contributed by atoms with E-state index < -0.39 is 5.54 Å². The van der Waals surface area contributed by atoms with Gasteiger partial charge in [-0.1, -0.05) is 31.4 Å². The van der Waals surface area contributed by atoms with Crippen LogP contribution in [0.4, 0.5) is 11.4 Å². The van der Waals surface area contributed by atoms with Gasteiger partial charge in [0.2, 0.25) is 5.91 Å². The second-order valence-electron chi connectivity index (χ2n) is 7.03. The van der Waals surface area contributed by atoms with Crippen molar-refractivity contribution in [2.24, 2.45) is 0 Å². The molecule has 0 bridgehead atoms. The van der Waals surface area contributed by atoms with Crippen LogP contribution in [0, 0.1) is 0 Å². The van der Waals surface area contributed by atoms with E-state index in [0.717, 1.165) is 43.3 Å². The third-order valence-electron chi connectivity index (χ3n) is 5.73. The van der Waals surface area contributed by atoms with E-state index in [1.54, 1.807) is 0 Å². The fraction of sp³-hybridized carbons (Fsp3) is 0.611. The molecule has 4 nitrogen and oxygen atoms in total. The molecule has 0 aromatic heterocycles. The van der Waals surface area contributed by atoms with Gasteiger partial charge in [-0.15, -0.1) is 0 Å². The number of nitrogens with zero attached hydrogens (tertiary/aromatic N) is 1.